The van der Waals surface area contributed by atoms with Gasteiger partial charge in [-0.25, -0.2) is 10.3 Å². The highest BCUT2D eigenvalue weighted by atomic mass is 35.5. The van der Waals surface area contributed by atoms with Crippen LogP contribution in [0.3, 0.4) is 0 Å². The lowest BCUT2D eigenvalue weighted by molar-refractivity contribution is -0.122. The van der Waals surface area contributed by atoms with Crippen LogP contribution in [0.4, 0.5) is 5.69 Å². The van der Waals surface area contributed by atoms with E-state index in [0.717, 1.165) is 27.8 Å². The number of nitrogens with one attached hydrogen (secondary N) is 1. The van der Waals surface area contributed by atoms with Gasteiger partial charge < -0.3 is 0 Å². The number of aryl methyl sites for hydroxylation is 1. The third kappa shape index (κ3) is 3.64. The summed E-state index contributed by atoms with van der Waals surface area (Å²) in [6.07, 6.45) is 1.63. The number of rotatable bonds is 4. The SMILES string of the molecule is Cc1ccc(N2C(=O)[C@@H]3C4c5ccccc5C(/C=N/NC(=O)c5ccc(Cl)cc5Cl)(c5ccccc54)[C@H]3C2=O)cc1. The average molecular weight is 580 g/mol. The van der Waals surface area contributed by atoms with E-state index in [1.807, 2.05) is 79.7 Å². The van der Waals surface area contributed by atoms with Crippen molar-refractivity contribution in [1.29, 1.82) is 0 Å². The van der Waals surface area contributed by atoms with E-state index in [-0.39, 0.29) is 28.3 Å². The smallest absolute Gasteiger partial charge is 0.272 e. The van der Waals surface area contributed by atoms with Crippen molar-refractivity contribution in [3.63, 3.8) is 0 Å². The van der Waals surface area contributed by atoms with Crippen LogP contribution in [0.25, 0.3) is 0 Å². The summed E-state index contributed by atoms with van der Waals surface area (Å²) in [6, 6.07) is 27.8. The maximum atomic E-state index is 14.4. The van der Waals surface area contributed by atoms with Crippen molar-refractivity contribution < 1.29 is 14.4 Å². The summed E-state index contributed by atoms with van der Waals surface area (Å²) in [5.41, 5.74) is 7.07. The minimum atomic E-state index is -1.09. The number of carbonyl (C=O) groups excluding carboxylic acids is 3. The van der Waals surface area contributed by atoms with E-state index in [4.69, 9.17) is 23.2 Å². The molecule has 4 aromatic carbocycles. The van der Waals surface area contributed by atoms with Crippen LogP contribution in [0, 0.1) is 18.8 Å². The molecule has 3 amide bonds. The van der Waals surface area contributed by atoms with Crippen LogP contribution in [-0.4, -0.2) is 23.9 Å². The number of halogens is 2. The molecular formula is C33H23Cl2N3O3. The first-order valence-electron chi connectivity index (χ1n) is 13.3. The Bertz CT molecular complexity index is 1750. The average Bonchev–Trinajstić information content (AvgIpc) is 3.24. The molecule has 0 aromatic heterocycles. The predicted octanol–water partition coefficient (Wildman–Crippen LogP) is 6.27. The molecule has 202 valence electrons. The van der Waals surface area contributed by atoms with Crippen LogP contribution in [0.1, 0.15) is 44.1 Å². The van der Waals surface area contributed by atoms with E-state index in [9.17, 15) is 14.4 Å². The molecule has 0 radical (unpaired) electrons. The number of hydrogen-bond acceptors (Lipinski definition) is 4. The maximum Gasteiger partial charge on any atom is 0.272 e. The van der Waals surface area contributed by atoms with Crippen LogP contribution >= 0.6 is 23.2 Å². The predicted molar refractivity (Wildman–Crippen MR) is 159 cm³/mol. The lowest BCUT2D eigenvalue weighted by Gasteiger charge is -2.52. The molecule has 1 N–H and O–H groups in total. The molecule has 0 unspecified atom stereocenters. The van der Waals surface area contributed by atoms with E-state index in [2.05, 4.69) is 10.5 Å². The summed E-state index contributed by atoms with van der Waals surface area (Å²) in [5, 5.41) is 5.04. The van der Waals surface area contributed by atoms with Gasteiger partial charge in [0.15, 0.2) is 0 Å². The van der Waals surface area contributed by atoms with Gasteiger partial charge in [-0.2, -0.15) is 5.10 Å². The van der Waals surface area contributed by atoms with Crippen molar-refractivity contribution in [2.24, 2.45) is 16.9 Å². The molecule has 3 aliphatic carbocycles. The van der Waals surface area contributed by atoms with Crippen LogP contribution in [0.2, 0.25) is 10.0 Å². The van der Waals surface area contributed by atoms with E-state index in [1.54, 1.807) is 12.3 Å². The Morgan fingerprint density at radius 3 is 2.15 bits per heavy atom. The van der Waals surface area contributed by atoms with Crippen molar-refractivity contribution in [3.05, 3.63) is 134 Å². The summed E-state index contributed by atoms with van der Waals surface area (Å²) in [4.78, 5) is 42.9. The number of hydrazone groups is 1. The Morgan fingerprint density at radius 1 is 0.878 bits per heavy atom. The largest absolute Gasteiger partial charge is 0.274 e. The Hall–Kier alpha value is -4.26. The molecular weight excluding hydrogens is 557 g/mol. The Balaban J connectivity index is 1.39. The number of amides is 3. The van der Waals surface area contributed by atoms with Crippen LogP contribution < -0.4 is 10.3 Å². The van der Waals surface area contributed by atoms with Gasteiger partial charge in [-0.15, -0.1) is 0 Å². The van der Waals surface area contributed by atoms with Gasteiger partial charge in [0.25, 0.3) is 5.91 Å². The van der Waals surface area contributed by atoms with Gasteiger partial charge in [0.05, 0.1) is 33.5 Å². The first kappa shape index (κ1) is 25.7. The lowest BCUT2D eigenvalue weighted by Crippen LogP contribution is -2.54. The summed E-state index contributed by atoms with van der Waals surface area (Å²) < 4.78 is 0. The highest BCUT2D eigenvalue weighted by molar-refractivity contribution is 6.36. The fourth-order valence-corrected chi connectivity index (χ4v) is 7.42. The molecule has 4 aliphatic rings. The van der Waals surface area contributed by atoms with Crippen molar-refractivity contribution in [2.75, 3.05) is 4.90 Å². The van der Waals surface area contributed by atoms with Crippen molar-refractivity contribution in [3.8, 4) is 0 Å². The Morgan fingerprint density at radius 2 is 1.51 bits per heavy atom. The van der Waals surface area contributed by atoms with Gasteiger partial charge in [0.2, 0.25) is 11.8 Å². The van der Waals surface area contributed by atoms with Crippen LogP contribution in [0.5, 0.6) is 0 Å². The molecule has 0 spiro atoms. The highest BCUT2D eigenvalue weighted by Gasteiger charge is 2.68. The quantitative estimate of drug-likeness (QED) is 0.176. The van der Waals surface area contributed by atoms with Gasteiger partial charge in [-0.3, -0.25) is 14.4 Å². The van der Waals surface area contributed by atoms with Gasteiger partial charge in [0.1, 0.15) is 0 Å². The number of carbonyl (C=O) groups is 3. The maximum absolute atomic E-state index is 14.4. The summed E-state index contributed by atoms with van der Waals surface area (Å²) >= 11 is 12.3. The zero-order valence-corrected chi connectivity index (χ0v) is 23.4. The molecule has 8 rings (SSSR count). The topological polar surface area (TPSA) is 78.8 Å². The molecule has 1 fully saturated rings. The lowest BCUT2D eigenvalue weighted by atomic mass is 9.47. The normalized spacial score (nSPS) is 23.9. The molecule has 2 bridgehead atoms. The molecule has 0 saturated carbocycles. The monoisotopic (exact) mass is 579 g/mol. The molecule has 6 nitrogen and oxygen atoms in total. The minimum absolute atomic E-state index is 0.197. The summed E-state index contributed by atoms with van der Waals surface area (Å²) in [6.45, 7) is 1.96. The summed E-state index contributed by atoms with van der Waals surface area (Å²) in [5.74, 6) is -2.68. The number of anilines is 1. The molecule has 1 saturated heterocycles. The van der Waals surface area contributed by atoms with E-state index in [1.165, 1.54) is 17.0 Å². The molecule has 41 heavy (non-hydrogen) atoms. The molecule has 8 heteroatoms. The standard InChI is InChI=1S/C33H23Cl2N3O3/c1-18-10-13-20(14-11-18)38-31(40)28-27-21-6-2-4-8-24(21)33(29(28)32(38)41,25-9-5-3-7-22(25)27)17-36-37-30(39)23-15-12-19(34)16-26(23)35/h2-17,27-29H,1H3,(H,37,39)/b36-17+/t27?,28-,29-,33?/m1/s1. The van der Waals surface area contributed by atoms with Gasteiger partial charge >= 0.3 is 0 Å². The van der Waals surface area contributed by atoms with Crippen LogP contribution in [0.15, 0.2) is 96.1 Å². The second-order valence-electron chi connectivity index (χ2n) is 10.7. The fourth-order valence-electron chi connectivity index (χ4n) is 6.92. The van der Waals surface area contributed by atoms with Crippen molar-refractivity contribution in [2.45, 2.75) is 18.3 Å². The number of hydrogen-bond donors (Lipinski definition) is 1. The summed E-state index contributed by atoms with van der Waals surface area (Å²) in [7, 11) is 0. The third-order valence-corrected chi connectivity index (χ3v) is 9.13. The highest BCUT2D eigenvalue weighted by Crippen LogP contribution is 2.63. The molecule has 2 atom stereocenters. The molecule has 1 heterocycles. The number of benzene rings is 4. The van der Waals surface area contributed by atoms with Crippen molar-refractivity contribution >= 4 is 52.8 Å². The second-order valence-corrected chi connectivity index (χ2v) is 11.5. The van der Waals surface area contributed by atoms with E-state index in [0.29, 0.717) is 10.7 Å². The fraction of sp³-hybridized carbons (Fsp3) is 0.152. The number of imide groups is 1. The minimum Gasteiger partial charge on any atom is -0.274 e. The Labute approximate surface area is 246 Å². The molecule has 4 aromatic rings. The Kier molecular flexibility index (Phi) is 5.89. The molecule has 1 aliphatic heterocycles. The number of nitrogens with zero attached hydrogens (tertiary/aromatic N) is 2. The first-order valence-corrected chi connectivity index (χ1v) is 14.0. The van der Waals surface area contributed by atoms with E-state index >= 15 is 0 Å². The van der Waals surface area contributed by atoms with Crippen molar-refractivity contribution in [1.82, 2.24) is 5.43 Å². The van der Waals surface area contributed by atoms with Crippen LogP contribution in [-0.2, 0) is 15.0 Å². The van der Waals surface area contributed by atoms with Gasteiger partial charge in [-0.05, 0) is 59.5 Å². The van der Waals surface area contributed by atoms with Gasteiger partial charge in [-0.1, -0.05) is 89.4 Å². The zero-order valence-electron chi connectivity index (χ0n) is 21.8. The van der Waals surface area contributed by atoms with E-state index < -0.39 is 23.2 Å². The van der Waals surface area contributed by atoms with Gasteiger partial charge in [0, 0.05) is 17.2 Å². The zero-order chi connectivity index (χ0) is 28.5. The third-order valence-electron chi connectivity index (χ3n) is 8.59. The second kappa shape index (κ2) is 9.40. The first-order chi connectivity index (χ1) is 19.8.